The summed E-state index contributed by atoms with van der Waals surface area (Å²) in [5.74, 6) is 0. The first-order chi connectivity index (χ1) is 6.27. The molecule has 68 valence electrons. The van der Waals surface area contributed by atoms with Crippen LogP contribution in [0.15, 0.2) is 18.9 Å². The van der Waals surface area contributed by atoms with Crippen LogP contribution in [-0.4, -0.2) is 24.8 Å². The molecule has 0 saturated carbocycles. The molecule has 0 spiro atoms. The minimum atomic E-state index is 0.303. The van der Waals surface area contributed by atoms with Crippen molar-refractivity contribution in [2.24, 2.45) is 0 Å². The van der Waals surface area contributed by atoms with Crippen LogP contribution in [0.5, 0.6) is 0 Å². The van der Waals surface area contributed by atoms with Gasteiger partial charge in [0.05, 0.1) is 12.5 Å². The van der Waals surface area contributed by atoms with E-state index in [1.807, 2.05) is 11.5 Å². The molecular weight excluding hydrogens is 184 g/mol. The molecule has 0 bridgehead atoms. The van der Waals surface area contributed by atoms with E-state index >= 15 is 0 Å². The molecule has 0 saturated heterocycles. The van der Waals surface area contributed by atoms with E-state index in [-0.39, 0.29) is 0 Å². The van der Waals surface area contributed by atoms with Crippen molar-refractivity contribution in [2.45, 2.75) is 18.7 Å². The molecule has 13 heavy (non-hydrogen) atoms. The van der Waals surface area contributed by atoms with Gasteiger partial charge < -0.3 is 4.57 Å². The van der Waals surface area contributed by atoms with Gasteiger partial charge in [-0.1, -0.05) is 6.92 Å². The summed E-state index contributed by atoms with van der Waals surface area (Å²) in [6.07, 6.45) is 5.04. The van der Waals surface area contributed by atoms with E-state index in [1.54, 1.807) is 12.5 Å². The topological polar surface area (TPSA) is 43.6 Å². The molecule has 5 heteroatoms. The van der Waals surface area contributed by atoms with Gasteiger partial charge >= 0.3 is 0 Å². The van der Waals surface area contributed by atoms with E-state index in [0.29, 0.717) is 5.25 Å². The predicted molar refractivity (Wildman–Crippen MR) is 53.8 cm³/mol. The Bertz CT molecular complexity index is 409. The standard InChI is InChI=1S/C8H10N4S/c1-6(13)3-12-5-11-8-7(12)2-9-4-10-8/h2,4-6,13H,3H2,1H3. The number of nitrogens with zero attached hydrogens (tertiary/aromatic N) is 4. The van der Waals surface area contributed by atoms with Gasteiger partial charge in [-0.25, -0.2) is 15.0 Å². The summed E-state index contributed by atoms with van der Waals surface area (Å²) in [5.41, 5.74) is 1.70. The van der Waals surface area contributed by atoms with E-state index in [1.165, 1.54) is 6.33 Å². The summed E-state index contributed by atoms with van der Waals surface area (Å²) in [6, 6.07) is 0. The van der Waals surface area contributed by atoms with Gasteiger partial charge in [-0.05, 0) is 0 Å². The average Bonchev–Trinajstić information content (AvgIpc) is 2.48. The second kappa shape index (κ2) is 3.33. The van der Waals surface area contributed by atoms with Crippen molar-refractivity contribution in [1.82, 2.24) is 19.5 Å². The third kappa shape index (κ3) is 1.65. The van der Waals surface area contributed by atoms with Crippen LogP contribution >= 0.6 is 12.6 Å². The summed E-state index contributed by atoms with van der Waals surface area (Å²) in [4.78, 5) is 12.1. The zero-order valence-corrected chi connectivity index (χ0v) is 8.15. The van der Waals surface area contributed by atoms with E-state index in [2.05, 4.69) is 27.6 Å². The molecule has 4 nitrogen and oxygen atoms in total. The predicted octanol–water partition coefficient (Wildman–Crippen LogP) is 1.14. The lowest BCUT2D eigenvalue weighted by atomic mass is 10.4. The fourth-order valence-electron chi connectivity index (χ4n) is 1.23. The van der Waals surface area contributed by atoms with Crippen LogP contribution in [0, 0.1) is 0 Å². The van der Waals surface area contributed by atoms with Crippen molar-refractivity contribution < 1.29 is 0 Å². The summed E-state index contributed by atoms with van der Waals surface area (Å²) >= 11 is 4.32. The third-order valence-corrected chi connectivity index (χ3v) is 1.93. The molecule has 0 aliphatic rings. The van der Waals surface area contributed by atoms with Crippen LogP contribution < -0.4 is 0 Å². The highest BCUT2D eigenvalue weighted by atomic mass is 32.1. The number of imidazole rings is 1. The highest BCUT2D eigenvalue weighted by molar-refractivity contribution is 7.80. The minimum Gasteiger partial charge on any atom is -0.327 e. The van der Waals surface area contributed by atoms with E-state index in [9.17, 15) is 0 Å². The van der Waals surface area contributed by atoms with Gasteiger partial charge in [0.2, 0.25) is 0 Å². The van der Waals surface area contributed by atoms with Gasteiger partial charge in [0.25, 0.3) is 0 Å². The summed E-state index contributed by atoms with van der Waals surface area (Å²) in [6.45, 7) is 2.87. The van der Waals surface area contributed by atoms with Gasteiger partial charge in [0.15, 0.2) is 5.65 Å². The summed E-state index contributed by atoms with van der Waals surface area (Å²) in [7, 11) is 0. The van der Waals surface area contributed by atoms with Gasteiger partial charge in [-0.15, -0.1) is 0 Å². The molecular formula is C8H10N4S. The van der Waals surface area contributed by atoms with Gasteiger partial charge in [-0.2, -0.15) is 12.6 Å². The Kier molecular flexibility index (Phi) is 2.18. The molecule has 0 N–H and O–H groups in total. The molecule has 0 aliphatic carbocycles. The molecule has 2 aromatic heterocycles. The van der Waals surface area contributed by atoms with E-state index in [0.717, 1.165) is 17.7 Å². The van der Waals surface area contributed by atoms with Crippen molar-refractivity contribution in [3.63, 3.8) is 0 Å². The Hall–Kier alpha value is -1.10. The van der Waals surface area contributed by atoms with Crippen LogP contribution in [0.25, 0.3) is 11.2 Å². The molecule has 0 fully saturated rings. The summed E-state index contributed by atoms with van der Waals surface area (Å²) in [5, 5.41) is 0.303. The Morgan fingerprint density at radius 2 is 2.38 bits per heavy atom. The smallest absolute Gasteiger partial charge is 0.180 e. The zero-order valence-electron chi connectivity index (χ0n) is 7.25. The van der Waals surface area contributed by atoms with Crippen LogP contribution in [0.2, 0.25) is 0 Å². The second-order valence-electron chi connectivity index (χ2n) is 2.98. The first kappa shape index (κ1) is 8.50. The van der Waals surface area contributed by atoms with Gasteiger partial charge in [-0.3, -0.25) is 0 Å². The first-order valence-electron chi connectivity index (χ1n) is 4.06. The lowest BCUT2D eigenvalue weighted by Crippen LogP contribution is -2.05. The molecule has 0 aliphatic heterocycles. The Balaban J connectivity index is 2.46. The third-order valence-electron chi connectivity index (χ3n) is 1.76. The fourth-order valence-corrected chi connectivity index (χ4v) is 1.41. The van der Waals surface area contributed by atoms with E-state index in [4.69, 9.17) is 0 Å². The molecule has 0 radical (unpaired) electrons. The Labute approximate surface area is 81.4 Å². The quantitative estimate of drug-likeness (QED) is 0.729. The van der Waals surface area contributed by atoms with Crippen molar-refractivity contribution in [1.29, 1.82) is 0 Å². The number of fused-ring (bicyclic) bond motifs is 1. The molecule has 1 unspecified atom stereocenters. The second-order valence-corrected chi connectivity index (χ2v) is 3.86. The maximum Gasteiger partial charge on any atom is 0.180 e. The first-order valence-corrected chi connectivity index (χ1v) is 4.58. The lowest BCUT2D eigenvalue weighted by molar-refractivity contribution is 0.713. The van der Waals surface area contributed by atoms with Crippen LogP contribution in [-0.2, 0) is 6.54 Å². The highest BCUT2D eigenvalue weighted by Gasteiger charge is 2.04. The van der Waals surface area contributed by atoms with Gasteiger partial charge in [0, 0.05) is 11.8 Å². The molecule has 2 rings (SSSR count). The molecule has 2 heterocycles. The lowest BCUT2D eigenvalue weighted by Gasteiger charge is -2.05. The highest BCUT2D eigenvalue weighted by Crippen LogP contribution is 2.09. The largest absolute Gasteiger partial charge is 0.327 e. The zero-order chi connectivity index (χ0) is 9.26. The fraction of sp³-hybridized carbons (Fsp3) is 0.375. The van der Waals surface area contributed by atoms with Crippen molar-refractivity contribution in [3.8, 4) is 0 Å². The minimum absolute atomic E-state index is 0.303. The molecule has 2 aromatic rings. The average molecular weight is 194 g/mol. The van der Waals surface area contributed by atoms with E-state index < -0.39 is 0 Å². The summed E-state index contributed by atoms with van der Waals surface area (Å²) < 4.78 is 2.01. The monoisotopic (exact) mass is 194 g/mol. The number of hydrogen-bond acceptors (Lipinski definition) is 4. The number of hydrogen-bond donors (Lipinski definition) is 1. The maximum atomic E-state index is 4.32. The SMILES string of the molecule is CC(S)Cn1cnc2ncncc21. The molecule has 0 amide bonds. The van der Waals surface area contributed by atoms with Crippen LogP contribution in [0.1, 0.15) is 6.92 Å². The maximum absolute atomic E-state index is 4.32. The Morgan fingerprint density at radius 1 is 1.54 bits per heavy atom. The number of aromatic nitrogens is 4. The van der Waals surface area contributed by atoms with Crippen LogP contribution in [0.3, 0.4) is 0 Å². The number of thiol groups is 1. The van der Waals surface area contributed by atoms with Crippen molar-refractivity contribution in [2.75, 3.05) is 0 Å². The number of rotatable bonds is 2. The molecule has 0 aromatic carbocycles. The normalized spacial score (nSPS) is 13.4. The van der Waals surface area contributed by atoms with Crippen molar-refractivity contribution >= 4 is 23.8 Å². The van der Waals surface area contributed by atoms with Crippen LogP contribution in [0.4, 0.5) is 0 Å². The Morgan fingerprint density at radius 3 is 3.15 bits per heavy atom. The molecule has 1 atom stereocenters. The van der Waals surface area contributed by atoms with Gasteiger partial charge in [0.1, 0.15) is 11.8 Å². The van der Waals surface area contributed by atoms with Crippen molar-refractivity contribution in [3.05, 3.63) is 18.9 Å².